The highest BCUT2D eigenvalue weighted by Gasteiger charge is 2.45. The molecule has 0 unspecified atom stereocenters. The summed E-state index contributed by atoms with van der Waals surface area (Å²) in [5, 5.41) is 22.2. The molecule has 2 heterocycles. The molecule has 60 heavy (non-hydrogen) atoms. The van der Waals surface area contributed by atoms with Gasteiger partial charge in [-0.1, -0.05) is 27.7 Å². The second-order valence-electron chi connectivity index (χ2n) is 15.7. The molecular weight excluding hydrogens is 825 g/mol. The van der Waals surface area contributed by atoms with Crippen molar-refractivity contribution in [2.75, 3.05) is 30.9 Å². The molecule has 0 aromatic heterocycles. The van der Waals surface area contributed by atoms with Gasteiger partial charge in [-0.25, -0.2) is 4.79 Å². The van der Waals surface area contributed by atoms with Gasteiger partial charge in [0.15, 0.2) is 0 Å². The maximum atomic E-state index is 14.1. The van der Waals surface area contributed by atoms with E-state index in [0.717, 1.165) is 0 Å². The first kappa shape index (κ1) is 51.5. The van der Waals surface area contributed by atoms with Crippen LogP contribution in [0, 0.1) is 11.8 Å². The van der Waals surface area contributed by atoms with Gasteiger partial charge < -0.3 is 58.7 Å². The predicted octanol–water partition coefficient (Wildman–Crippen LogP) is -3.06. The first-order valence-electron chi connectivity index (χ1n) is 19.9. The minimum Gasteiger partial charge on any atom is -0.480 e. The van der Waals surface area contributed by atoms with Gasteiger partial charge in [-0.2, -0.15) is 24.4 Å². The van der Waals surface area contributed by atoms with Gasteiger partial charge in [0.1, 0.15) is 42.3 Å². The van der Waals surface area contributed by atoms with E-state index in [4.69, 9.17) is 17.2 Å². The van der Waals surface area contributed by atoms with Crippen molar-refractivity contribution in [3.8, 4) is 0 Å². The summed E-state index contributed by atoms with van der Waals surface area (Å²) in [6, 6.07) is -9.77. The Balaban J connectivity index is 2.29. The van der Waals surface area contributed by atoms with E-state index in [1.165, 1.54) is 21.6 Å². The summed E-state index contributed by atoms with van der Waals surface area (Å²) in [7, 11) is 0. The fourth-order valence-electron chi connectivity index (χ4n) is 6.94. The van der Waals surface area contributed by atoms with Crippen molar-refractivity contribution in [3.05, 3.63) is 0 Å². The standard InChI is InChI=1S/C37H62N10O11S2/c1-18(2)14-22(42-34(54)29(19(3)4)45-31(51)21(10-13-60-5)41-30(50)20(38)17-59)32(52)43-23(15-27(39)48)35(55)47-12-7-9-26(47)36(56)46-11-6-8-25(46)33(53)44-24(37(57)58)16-28(40)49/h18-26,29,59H,6-17,38H2,1-5H3,(H2,39,48)(H2,40,49)(H,41,50)(H,42,54)(H,43,52)(H,44,53)(H,45,51)(H,57,58)/t20-,21-,22-,23-,24-,25-,26-,29-/m0/s1. The third-order valence-electron chi connectivity index (χ3n) is 10.1. The van der Waals surface area contributed by atoms with Crippen LogP contribution in [-0.2, 0) is 47.9 Å². The van der Waals surface area contributed by atoms with Crippen LogP contribution in [-0.4, -0.2) is 153 Å². The monoisotopic (exact) mass is 886 g/mol. The molecule has 0 aromatic carbocycles. The number of nitrogens with one attached hydrogen (secondary N) is 5. The van der Waals surface area contributed by atoms with Crippen LogP contribution in [0.1, 0.15) is 79.1 Å². The van der Waals surface area contributed by atoms with Crippen LogP contribution in [0.3, 0.4) is 0 Å². The van der Waals surface area contributed by atoms with Crippen molar-refractivity contribution in [1.29, 1.82) is 0 Å². The number of likely N-dealkylation sites (tertiary alicyclic amines) is 2. The van der Waals surface area contributed by atoms with Crippen LogP contribution in [0.5, 0.6) is 0 Å². The van der Waals surface area contributed by atoms with Crippen molar-refractivity contribution in [2.24, 2.45) is 29.0 Å². The second-order valence-corrected chi connectivity index (χ2v) is 17.1. The highest BCUT2D eigenvalue weighted by Crippen LogP contribution is 2.26. The molecule has 2 fully saturated rings. The summed E-state index contributed by atoms with van der Waals surface area (Å²) in [4.78, 5) is 133. The molecule has 2 aliphatic heterocycles. The number of carboxylic acid groups (broad SMARTS) is 1. The zero-order valence-electron chi connectivity index (χ0n) is 34.8. The Morgan fingerprint density at radius 1 is 0.717 bits per heavy atom. The Bertz CT molecular complexity index is 1600. The Kier molecular flexibility index (Phi) is 21.1. The van der Waals surface area contributed by atoms with Gasteiger partial charge in [0, 0.05) is 18.8 Å². The van der Waals surface area contributed by atoms with Crippen molar-refractivity contribution in [3.63, 3.8) is 0 Å². The molecule has 23 heteroatoms. The molecule has 8 atom stereocenters. The Hall–Kier alpha value is -4.64. The lowest BCUT2D eigenvalue weighted by molar-refractivity contribution is -0.149. The van der Waals surface area contributed by atoms with Crippen molar-refractivity contribution in [1.82, 2.24) is 36.4 Å². The summed E-state index contributed by atoms with van der Waals surface area (Å²) in [5.74, 6) is -8.50. The van der Waals surface area contributed by atoms with Crippen molar-refractivity contribution in [2.45, 2.75) is 127 Å². The number of amides is 9. The number of carbonyl (C=O) groups is 10. The smallest absolute Gasteiger partial charge is 0.326 e. The van der Waals surface area contributed by atoms with Gasteiger partial charge >= 0.3 is 5.97 Å². The third-order valence-corrected chi connectivity index (χ3v) is 11.1. The van der Waals surface area contributed by atoms with Crippen LogP contribution < -0.4 is 43.8 Å². The molecule has 9 amide bonds. The molecule has 0 saturated carbocycles. The van der Waals surface area contributed by atoms with Gasteiger partial charge in [0.25, 0.3) is 0 Å². The number of thiol groups is 1. The van der Waals surface area contributed by atoms with Crippen LogP contribution in [0.4, 0.5) is 0 Å². The molecule has 0 spiro atoms. The fraction of sp³-hybridized carbons (Fsp3) is 0.730. The van der Waals surface area contributed by atoms with E-state index in [2.05, 4.69) is 39.2 Å². The number of nitrogens with zero attached hydrogens (tertiary/aromatic N) is 2. The number of aliphatic carboxylic acids is 1. The highest BCUT2D eigenvalue weighted by atomic mass is 32.2. The first-order chi connectivity index (χ1) is 28.1. The van der Waals surface area contributed by atoms with Gasteiger partial charge in [-0.15, -0.1) is 0 Å². The number of nitrogens with two attached hydrogens (primary N) is 3. The van der Waals surface area contributed by atoms with E-state index in [0.29, 0.717) is 18.6 Å². The van der Waals surface area contributed by atoms with Gasteiger partial charge in [-0.05, 0) is 62.4 Å². The lowest BCUT2D eigenvalue weighted by atomic mass is 9.99. The van der Waals surface area contributed by atoms with E-state index < -0.39 is 126 Å². The summed E-state index contributed by atoms with van der Waals surface area (Å²) >= 11 is 5.49. The number of carboxylic acids is 1. The topological polar surface area (TPSA) is 336 Å². The van der Waals surface area contributed by atoms with Crippen LogP contribution in [0.15, 0.2) is 0 Å². The van der Waals surface area contributed by atoms with Gasteiger partial charge in [0.05, 0.1) is 18.9 Å². The quantitative estimate of drug-likeness (QED) is 0.0431. The predicted molar refractivity (Wildman–Crippen MR) is 224 cm³/mol. The van der Waals surface area contributed by atoms with E-state index in [1.807, 2.05) is 6.26 Å². The molecule has 2 rings (SSSR count). The van der Waals surface area contributed by atoms with Crippen molar-refractivity contribution >= 4 is 83.5 Å². The molecule has 2 aliphatic rings. The maximum absolute atomic E-state index is 14.1. The Labute approximate surface area is 359 Å². The van der Waals surface area contributed by atoms with Crippen LogP contribution >= 0.6 is 24.4 Å². The van der Waals surface area contributed by atoms with Gasteiger partial charge in [-0.3, -0.25) is 43.2 Å². The zero-order valence-corrected chi connectivity index (χ0v) is 36.5. The number of carbonyl (C=O) groups excluding carboxylic acids is 9. The van der Waals surface area contributed by atoms with Crippen molar-refractivity contribution < 1.29 is 53.1 Å². The van der Waals surface area contributed by atoms with Crippen LogP contribution in [0.25, 0.3) is 0 Å². The number of thioether (sulfide) groups is 1. The molecule has 12 N–H and O–H groups in total. The lowest BCUT2D eigenvalue weighted by Gasteiger charge is -2.33. The minimum atomic E-state index is -1.61. The molecule has 338 valence electrons. The largest absolute Gasteiger partial charge is 0.480 e. The summed E-state index contributed by atoms with van der Waals surface area (Å²) in [6.07, 6.45) is 1.95. The molecule has 0 aliphatic carbocycles. The normalized spacial score (nSPS) is 19.4. The van der Waals surface area contributed by atoms with E-state index in [-0.39, 0.29) is 50.4 Å². The minimum absolute atomic E-state index is 0.0421. The first-order valence-corrected chi connectivity index (χ1v) is 21.9. The van der Waals surface area contributed by atoms with E-state index in [9.17, 15) is 53.1 Å². The molecule has 21 nitrogen and oxygen atoms in total. The molecule has 2 saturated heterocycles. The second kappa shape index (κ2) is 24.6. The van der Waals surface area contributed by atoms with E-state index in [1.54, 1.807) is 27.7 Å². The fourth-order valence-corrected chi connectivity index (χ4v) is 7.58. The summed E-state index contributed by atoms with van der Waals surface area (Å²) < 4.78 is 0. The Morgan fingerprint density at radius 2 is 1.25 bits per heavy atom. The van der Waals surface area contributed by atoms with Crippen LogP contribution in [0.2, 0.25) is 0 Å². The molecule has 0 radical (unpaired) electrons. The molecule has 0 bridgehead atoms. The van der Waals surface area contributed by atoms with E-state index >= 15 is 0 Å². The average Bonchev–Trinajstić information content (AvgIpc) is 3.87. The molecular formula is C37H62N10O11S2. The Morgan fingerprint density at radius 3 is 1.78 bits per heavy atom. The summed E-state index contributed by atoms with van der Waals surface area (Å²) in [6.45, 7) is 7.12. The maximum Gasteiger partial charge on any atom is 0.326 e. The lowest BCUT2D eigenvalue weighted by Crippen LogP contribution is -2.61. The highest BCUT2D eigenvalue weighted by molar-refractivity contribution is 7.98. The summed E-state index contributed by atoms with van der Waals surface area (Å²) in [5.41, 5.74) is 16.4. The number of hydrogen-bond donors (Lipinski definition) is 10. The third kappa shape index (κ3) is 15.4. The van der Waals surface area contributed by atoms with Gasteiger partial charge in [0.2, 0.25) is 53.2 Å². The zero-order chi connectivity index (χ0) is 45.4. The number of hydrogen-bond acceptors (Lipinski definition) is 13. The SMILES string of the molecule is CSCC[C@H](NC(=O)[C@@H](N)CS)C(=O)N[C@H](C(=O)N[C@@H](CC(C)C)C(=O)N[C@@H](CC(N)=O)C(=O)N1CCC[C@H]1C(=O)N1CCC[C@H]1C(=O)N[C@@H](CC(N)=O)C(=O)O)C(C)C. The number of primary amides is 2. The average molecular weight is 887 g/mol. The molecule has 0 aromatic rings. The number of rotatable bonds is 24.